The van der Waals surface area contributed by atoms with E-state index >= 15 is 0 Å². The lowest BCUT2D eigenvalue weighted by Crippen LogP contribution is -2.19. The van der Waals surface area contributed by atoms with E-state index in [2.05, 4.69) is 20.1 Å². The number of nitriles is 1. The van der Waals surface area contributed by atoms with Crippen LogP contribution in [0.3, 0.4) is 0 Å². The molecule has 0 saturated heterocycles. The third kappa shape index (κ3) is 3.05. The molecule has 0 aliphatic heterocycles. The highest BCUT2D eigenvalue weighted by Crippen LogP contribution is 2.34. The van der Waals surface area contributed by atoms with Crippen molar-refractivity contribution in [3.8, 4) is 6.07 Å². The molecule has 1 N–H and O–H groups in total. The number of alkyl halides is 3. The van der Waals surface area contributed by atoms with Crippen LogP contribution in [-0.2, 0) is 12.7 Å². The number of pyridine rings is 1. The second-order valence-electron chi connectivity index (χ2n) is 6.45. The minimum atomic E-state index is -4.52. The third-order valence-electron chi connectivity index (χ3n) is 4.67. The maximum Gasteiger partial charge on any atom is 0.433 e. The van der Waals surface area contributed by atoms with E-state index in [1.165, 1.54) is 10.7 Å². The molecule has 3 aromatic rings. The Morgan fingerprint density at radius 3 is 2.67 bits per heavy atom. The highest BCUT2D eigenvalue weighted by Gasteiger charge is 2.32. The summed E-state index contributed by atoms with van der Waals surface area (Å²) in [5.41, 5.74) is -0.800. The molecule has 3 aromatic heterocycles. The van der Waals surface area contributed by atoms with Gasteiger partial charge in [-0.3, -0.25) is 9.78 Å². The van der Waals surface area contributed by atoms with E-state index in [9.17, 15) is 23.2 Å². The number of aromatic nitrogens is 5. The molecule has 4 rings (SSSR count). The average molecular weight is 374 g/mol. The standard InChI is InChI=1S/C17H13F3N6O/c18-17(19,20)12-5-4-9(7-22-12)8-26-15-13(11(6-21)25-26)16(27)24-14(23-15)10-2-1-3-10/h4-5,7,10H,1-3,8H2,(H,23,24,27). The summed E-state index contributed by atoms with van der Waals surface area (Å²) in [7, 11) is 0. The Balaban J connectivity index is 1.76. The molecule has 138 valence electrons. The summed E-state index contributed by atoms with van der Waals surface area (Å²) in [5.74, 6) is 0.721. The topological polar surface area (TPSA) is 100 Å². The van der Waals surface area contributed by atoms with Crippen molar-refractivity contribution in [2.45, 2.75) is 37.9 Å². The number of H-pyrrole nitrogens is 1. The van der Waals surface area contributed by atoms with Gasteiger partial charge in [-0.15, -0.1) is 0 Å². The quantitative estimate of drug-likeness (QED) is 0.760. The Morgan fingerprint density at radius 2 is 2.11 bits per heavy atom. The molecule has 1 aliphatic carbocycles. The van der Waals surface area contributed by atoms with Crippen molar-refractivity contribution < 1.29 is 13.2 Å². The van der Waals surface area contributed by atoms with Crippen LogP contribution in [0.1, 0.15) is 48.0 Å². The molecule has 1 fully saturated rings. The molecule has 1 saturated carbocycles. The van der Waals surface area contributed by atoms with Crippen molar-refractivity contribution in [3.63, 3.8) is 0 Å². The molecule has 0 radical (unpaired) electrons. The van der Waals surface area contributed by atoms with Crippen LogP contribution in [0.2, 0.25) is 0 Å². The summed E-state index contributed by atoms with van der Waals surface area (Å²) in [5, 5.41) is 13.4. The van der Waals surface area contributed by atoms with Crippen LogP contribution in [0.4, 0.5) is 13.2 Å². The predicted molar refractivity (Wildman–Crippen MR) is 87.8 cm³/mol. The maximum atomic E-state index is 12.6. The molecule has 3 heterocycles. The Labute approximate surface area is 150 Å². The van der Waals surface area contributed by atoms with Crippen LogP contribution in [-0.4, -0.2) is 24.7 Å². The molecular weight excluding hydrogens is 361 g/mol. The van der Waals surface area contributed by atoms with Crippen molar-refractivity contribution in [1.29, 1.82) is 5.26 Å². The fraction of sp³-hybridized carbons (Fsp3) is 0.353. The smallest absolute Gasteiger partial charge is 0.310 e. The zero-order chi connectivity index (χ0) is 19.2. The molecule has 0 unspecified atom stereocenters. The molecule has 0 spiro atoms. The van der Waals surface area contributed by atoms with Crippen LogP contribution in [0.15, 0.2) is 23.1 Å². The molecule has 0 bridgehead atoms. The van der Waals surface area contributed by atoms with E-state index in [4.69, 9.17) is 0 Å². The van der Waals surface area contributed by atoms with Gasteiger partial charge in [0.05, 0.1) is 6.54 Å². The van der Waals surface area contributed by atoms with E-state index < -0.39 is 17.4 Å². The van der Waals surface area contributed by atoms with E-state index in [1.54, 1.807) is 0 Å². The second-order valence-corrected chi connectivity index (χ2v) is 6.45. The molecule has 10 heteroatoms. The van der Waals surface area contributed by atoms with Gasteiger partial charge in [-0.1, -0.05) is 12.5 Å². The molecule has 0 atom stereocenters. The molecule has 1 aliphatic rings. The highest BCUT2D eigenvalue weighted by atomic mass is 19.4. The Kier molecular flexibility index (Phi) is 3.95. The summed E-state index contributed by atoms with van der Waals surface area (Å²) >= 11 is 0. The molecular formula is C17H13F3N6O. The van der Waals surface area contributed by atoms with Crippen LogP contribution < -0.4 is 5.56 Å². The van der Waals surface area contributed by atoms with Gasteiger partial charge in [-0.25, -0.2) is 9.67 Å². The fourth-order valence-corrected chi connectivity index (χ4v) is 3.02. The summed E-state index contributed by atoms with van der Waals surface area (Å²) in [4.78, 5) is 23.0. The number of nitrogens with one attached hydrogen (secondary N) is 1. The van der Waals surface area contributed by atoms with Crippen LogP contribution in [0.25, 0.3) is 11.0 Å². The summed E-state index contributed by atoms with van der Waals surface area (Å²) < 4.78 is 39.3. The maximum absolute atomic E-state index is 12.6. The highest BCUT2D eigenvalue weighted by molar-refractivity contribution is 5.80. The van der Waals surface area contributed by atoms with Gasteiger partial charge >= 0.3 is 6.18 Å². The van der Waals surface area contributed by atoms with Gasteiger partial charge in [-0.05, 0) is 24.5 Å². The van der Waals surface area contributed by atoms with Gasteiger partial charge < -0.3 is 4.98 Å². The minimum Gasteiger partial charge on any atom is -0.310 e. The number of aromatic amines is 1. The van der Waals surface area contributed by atoms with Crippen LogP contribution in [0.5, 0.6) is 0 Å². The van der Waals surface area contributed by atoms with E-state index in [1.807, 2.05) is 6.07 Å². The van der Waals surface area contributed by atoms with Gasteiger partial charge in [-0.2, -0.15) is 23.5 Å². The Morgan fingerprint density at radius 1 is 1.33 bits per heavy atom. The Bertz CT molecular complexity index is 1100. The second kappa shape index (κ2) is 6.19. The number of fused-ring (bicyclic) bond motifs is 1. The predicted octanol–water partition coefficient (Wildman–Crippen LogP) is 2.72. The zero-order valence-corrected chi connectivity index (χ0v) is 13.9. The first-order valence-corrected chi connectivity index (χ1v) is 8.30. The van der Waals surface area contributed by atoms with Crippen molar-refractivity contribution in [1.82, 2.24) is 24.7 Å². The van der Waals surface area contributed by atoms with Crippen LogP contribution in [0, 0.1) is 11.3 Å². The first-order valence-electron chi connectivity index (χ1n) is 8.30. The summed E-state index contributed by atoms with van der Waals surface area (Å²) in [6.07, 6.45) is -0.501. The van der Waals surface area contributed by atoms with Crippen LogP contribution >= 0.6 is 0 Å². The van der Waals surface area contributed by atoms with Crippen molar-refractivity contribution >= 4 is 11.0 Å². The van der Waals surface area contributed by atoms with Gasteiger partial charge in [0.1, 0.15) is 23.0 Å². The van der Waals surface area contributed by atoms with E-state index in [-0.39, 0.29) is 29.2 Å². The zero-order valence-electron chi connectivity index (χ0n) is 13.9. The minimum absolute atomic E-state index is 0.0455. The largest absolute Gasteiger partial charge is 0.433 e. The van der Waals surface area contributed by atoms with Gasteiger partial charge in [0.15, 0.2) is 11.3 Å². The number of rotatable bonds is 3. The number of nitrogens with zero attached hydrogens (tertiary/aromatic N) is 5. The monoisotopic (exact) mass is 374 g/mol. The lowest BCUT2D eigenvalue weighted by molar-refractivity contribution is -0.141. The molecule has 7 nitrogen and oxygen atoms in total. The third-order valence-corrected chi connectivity index (χ3v) is 4.67. The van der Waals surface area contributed by atoms with E-state index in [0.29, 0.717) is 11.4 Å². The van der Waals surface area contributed by atoms with Crippen molar-refractivity contribution in [2.75, 3.05) is 0 Å². The number of hydrogen-bond donors (Lipinski definition) is 1. The molecule has 27 heavy (non-hydrogen) atoms. The number of hydrogen-bond acceptors (Lipinski definition) is 5. The SMILES string of the molecule is N#Cc1nn(Cc2ccc(C(F)(F)F)nc2)c2nc(C3CCC3)[nH]c(=O)c12. The average Bonchev–Trinajstić information content (AvgIpc) is 2.91. The fourth-order valence-electron chi connectivity index (χ4n) is 3.02. The lowest BCUT2D eigenvalue weighted by Gasteiger charge is -2.23. The van der Waals surface area contributed by atoms with E-state index in [0.717, 1.165) is 31.5 Å². The first-order chi connectivity index (χ1) is 12.9. The van der Waals surface area contributed by atoms with Gasteiger partial charge in [0.2, 0.25) is 0 Å². The summed E-state index contributed by atoms with van der Waals surface area (Å²) in [6.45, 7) is 0.0455. The number of halogens is 3. The molecule has 0 aromatic carbocycles. The summed E-state index contributed by atoms with van der Waals surface area (Å²) in [6, 6.07) is 4.03. The van der Waals surface area contributed by atoms with Gasteiger partial charge in [0, 0.05) is 12.1 Å². The lowest BCUT2D eigenvalue weighted by atomic mass is 9.85. The first kappa shape index (κ1) is 17.2. The van der Waals surface area contributed by atoms with Crippen molar-refractivity contribution in [3.05, 3.63) is 51.5 Å². The van der Waals surface area contributed by atoms with Crippen molar-refractivity contribution in [2.24, 2.45) is 0 Å². The normalized spacial score (nSPS) is 14.9. The molecule has 0 amide bonds. The Hall–Kier alpha value is -3.22. The van der Waals surface area contributed by atoms with Gasteiger partial charge in [0.25, 0.3) is 5.56 Å².